The van der Waals surface area contributed by atoms with Crippen LogP contribution in [0.25, 0.3) is 0 Å². The highest BCUT2D eigenvalue weighted by Crippen LogP contribution is 2.30. The van der Waals surface area contributed by atoms with E-state index in [0.717, 1.165) is 13.1 Å². The van der Waals surface area contributed by atoms with Gasteiger partial charge in [0.1, 0.15) is 6.04 Å². The molecule has 0 spiro atoms. The number of piperazine rings is 1. The Morgan fingerprint density at radius 3 is 2.95 bits per heavy atom. The molecule has 1 aromatic rings. The van der Waals surface area contributed by atoms with Crippen LogP contribution in [-0.2, 0) is 0 Å². The number of ether oxygens (including phenoxy) is 1. The smallest absolute Gasteiger partial charge is 0.228 e. The molecule has 0 aromatic carbocycles. The van der Waals surface area contributed by atoms with Crippen molar-refractivity contribution in [1.82, 2.24) is 14.9 Å². The number of nitriles is 1. The van der Waals surface area contributed by atoms with E-state index in [0.29, 0.717) is 24.4 Å². The lowest BCUT2D eigenvalue weighted by atomic mass is 10.2. The Morgan fingerprint density at radius 1 is 1.42 bits per heavy atom. The first-order chi connectivity index (χ1) is 9.31. The van der Waals surface area contributed by atoms with Crippen LogP contribution in [0.4, 0.5) is 5.95 Å². The molecular formula is C13H17N5O. The fourth-order valence-corrected chi connectivity index (χ4v) is 2.54. The van der Waals surface area contributed by atoms with Crippen molar-refractivity contribution in [3.8, 4) is 11.9 Å². The van der Waals surface area contributed by atoms with Gasteiger partial charge in [-0.3, -0.25) is 4.90 Å². The lowest BCUT2D eigenvalue weighted by Gasteiger charge is -2.38. The van der Waals surface area contributed by atoms with Crippen LogP contribution in [0.3, 0.4) is 0 Å². The molecule has 2 heterocycles. The highest BCUT2D eigenvalue weighted by Gasteiger charge is 2.37. The molecule has 0 amide bonds. The minimum Gasteiger partial charge on any atom is -0.481 e. The fourth-order valence-electron chi connectivity index (χ4n) is 2.54. The number of anilines is 1. The molecule has 0 bridgehead atoms. The van der Waals surface area contributed by atoms with E-state index >= 15 is 0 Å². The van der Waals surface area contributed by atoms with E-state index < -0.39 is 0 Å². The highest BCUT2D eigenvalue weighted by molar-refractivity contribution is 5.34. The second-order valence-electron chi connectivity index (χ2n) is 4.96. The minimum absolute atomic E-state index is 0.0592. The van der Waals surface area contributed by atoms with Crippen LogP contribution in [0, 0.1) is 11.3 Å². The van der Waals surface area contributed by atoms with Gasteiger partial charge in [0, 0.05) is 37.9 Å². The molecule has 2 aliphatic rings. The number of nitrogens with zero attached hydrogens (tertiary/aromatic N) is 5. The van der Waals surface area contributed by atoms with Gasteiger partial charge in [-0.1, -0.05) is 0 Å². The van der Waals surface area contributed by atoms with E-state index in [4.69, 9.17) is 4.74 Å². The van der Waals surface area contributed by atoms with Crippen LogP contribution in [0.1, 0.15) is 12.8 Å². The van der Waals surface area contributed by atoms with Crippen molar-refractivity contribution >= 4 is 5.95 Å². The Balaban J connectivity index is 1.74. The Kier molecular flexibility index (Phi) is 3.22. The molecule has 1 aromatic heterocycles. The molecule has 1 aliphatic heterocycles. The average molecular weight is 259 g/mol. The molecule has 1 aliphatic carbocycles. The second kappa shape index (κ2) is 5.02. The quantitative estimate of drug-likeness (QED) is 0.794. The Morgan fingerprint density at radius 2 is 2.26 bits per heavy atom. The Bertz CT molecular complexity index is 496. The van der Waals surface area contributed by atoms with Gasteiger partial charge in [-0.15, -0.1) is 0 Å². The van der Waals surface area contributed by atoms with Gasteiger partial charge in [-0.2, -0.15) is 10.2 Å². The number of rotatable bonds is 3. The van der Waals surface area contributed by atoms with Crippen LogP contribution in [-0.4, -0.2) is 53.7 Å². The summed E-state index contributed by atoms with van der Waals surface area (Å²) in [6.07, 6.45) is 4.15. The van der Waals surface area contributed by atoms with Crippen molar-refractivity contribution < 1.29 is 4.74 Å². The molecular weight excluding hydrogens is 242 g/mol. The maximum absolute atomic E-state index is 9.32. The number of methoxy groups -OCH3 is 1. The molecule has 1 unspecified atom stereocenters. The molecule has 100 valence electrons. The normalized spacial score (nSPS) is 24.0. The molecule has 1 saturated carbocycles. The molecule has 6 nitrogen and oxygen atoms in total. The Hall–Kier alpha value is -1.87. The first-order valence-electron chi connectivity index (χ1n) is 6.59. The van der Waals surface area contributed by atoms with Crippen LogP contribution < -0.4 is 9.64 Å². The summed E-state index contributed by atoms with van der Waals surface area (Å²) in [6.45, 7) is 2.44. The van der Waals surface area contributed by atoms with Crippen LogP contribution in [0.2, 0.25) is 0 Å². The van der Waals surface area contributed by atoms with Gasteiger partial charge >= 0.3 is 0 Å². The molecule has 2 fully saturated rings. The predicted octanol–water partition coefficient (Wildman–Crippen LogP) is 0.662. The fraction of sp³-hybridized carbons (Fsp3) is 0.615. The summed E-state index contributed by atoms with van der Waals surface area (Å²) in [5, 5.41) is 9.32. The molecule has 0 N–H and O–H groups in total. The zero-order valence-corrected chi connectivity index (χ0v) is 11.0. The van der Waals surface area contributed by atoms with Crippen LogP contribution >= 0.6 is 0 Å². The SMILES string of the molecule is COc1ccnc(N2CCN(C3CC3)C(C#N)C2)n1. The largest absolute Gasteiger partial charge is 0.481 e. The predicted molar refractivity (Wildman–Crippen MR) is 69.9 cm³/mol. The van der Waals surface area contributed by atoms with E-state index in [1.54, 1.807) is 19.4 Å². The van der Waals surface area contributed by atoms with Gasteiger partial charge in [-0.25, -0.2) is 4.98 Å². The lowest BCUT2D eigenvalue weighted by molar-refractivity contribution is 0.202. The molecule has 0 radical (unpaired) electrons. The van der Waals surface area contributed by atoms with Gasteiger partial charge in [0.25, 0.3) is 0 Å². The number of hydrogen-bond donors (Lipinski definition) is 0. The van der Waals surface area contributed by atoms with Crippen molar-refractivity contribution in [2.24, 2.45) is 0 Å². The zero-order valence-electron chi connectivity index (χ0n) is 11.0. The summed E-state index contributed by atoms with van der Waals surface area (Å²) >= 11 is 0. The molecule has 1 atom stereocenters. The summed E-state index contributed by atoms with van der Waals surface area (Å²) in [4.78, 5) is 13.0. The third-order valence-corrected chi connectivity index (χ3v) is 3.70. The van der Waals surface area contributed by atoms with Crippen LogP contribution in [0.15, 0.2) is 12.3 Å². The number of aromatic nitrogens is 2. The zero-order chi connectivity index (χ0) is 13.2. The minimum atomic E-state index is -0.0592. The summed E-state index contributed by atoms with van der Waals surface area (Å²) in [5.41, 5.74) is 0. The topological polar surface area (TPSA) is 65.3 Å². The van der Waals surface area contributed by atoms with Crippen molar-refractivity contribution in [3.05, 3.63) is 12.3 Å². The third kappa shape index (κ3) is 2.47. The summed E-state index contributed by atoms with van der Waals surface area (Å²) in [7, 11) is 1.59. The van der Waals surface area contributed by atoms with Crippen molar-refractivity contribution in [3.63, 3.8) is 0 Å². The molecule has 19 heavy (non-hydrogen) atoms. The summed E-state index contributed by atoms with van der Waals surface area (Å²) < 4.78 is 5.11. The monoisotopic (exact) mass is 259 g/mol. The van der Waals surface area contributed by atoms with Gasteiger partial charge < -0.3 is 9.64 Å². The molecule has 1 saturated heterocycles. The molecule has 6 heteroatoms. The third-order valence-electron chi connectivity index (χ3n) is 3.70. The van der Waals surface area contributed by atoms with E-state index in [1.807, 2.05) is 0 Å². The van der Waals surface area contributed by atoms with E-state index in [-0.39, 0.29) is 6.04 Å². The van der Waals surface area contributed by atoms with E-state index in [9.17, 15) is 5.26 Å². The van der Waals surface area contributed by atoms with Gasteiger partial charge in [0.05, 0.1) is 13.2 Å². The van der Waals surface area contributed by atoms with Crippen LogP contribution in [0.5, 0.6) is 5.88 Å². The van der Waals surface area contributed by atoms with Gasteiger partial charge in [-0.05, 0) is 12.8 Å². The first-order valence-corrected chi connectivity index (χ1v) is 6.59. The van der Waals surface area contributed by atoms with Gasteiger partial charge in [0.15, 0.2) is 0 Å². The van der Waals surface area contributed by atoms with Crippen molar-refractivity contribution in [2.75, 3.05) is 31.6 Å². The number of hydrogen-bond acceptors (Lipinski definition) is 6. The average Bonchev–Trinajstić information content (AvgIpc) is 3.31. The van der Waals surface area contributed by atoms with Crippen molar-refractivity contribution in [1.29, 1.82) is 5.26 Å². The lowest BCUT2D eigenvalue weighted by Crippen LogP contribution is -2.53. The standard InChI is InChI=1S/C13H17N5O/c1-19-12-4-5-15-13(16-12)17-6-7-18(10-2-3-10)11(8-14)9-17/h4-5,10-11H,2-3,6-7,9H2,1H3. The second-order valence-corrected chi connectivity index (χ2v) is 4.96. The summed E-state index contributed by atoms with van der Waals surface area (Å²) in [6, 6.07) is 4.69. The van der Waals surface area contributed by atoms with Gasteiger partial charge in [0.2, 0.25) is 11.8 Å². The highest BCUT2D eigenvalue weighted by atomic mass is 16.5. The molecule has 3 rings (SSSR count). The van der Waals surface area contributed by atoms with E-state index in [2.05, 4.69) is 25.8 Å². The maximum Gasteiger partial charge on any atom is 0.228 e. The first kappa shape index (κ1) is 12.2. The Labute approximate surface area is 112 Å². The maximum atomic E-state index is 9.32. The van der Waals surface area contributed by atoms with Crippen molar-refractivity contribution in [2.45, 2.75) is 24.9 Å². The van der Waals surface area contributed by atoms with E-state index in [1.165, 1.54) is 12.8 Å². The summed E-state index contributed by atoms with van der Waals surface area (Å²) in [5.74, 6) is 1.21.